The molecular weight excluding hydrogens is 262 g/mol. The summed E-state index contributed by atoms with van der Waals surface area (Å²) in [7, 11) is 0. The fraction of sp³-hybridized carbons (Fsp3) is 0.667. The van der Waals surface area contributed by atoms with Gasteiger partial charge in [0, 0.05) is 6.61 Å². The first-order valence-electron chi connectivity index (χ1n) is 8.15. The maximum absolute atomic E-state index is 5.80. The van der Waals surface area contributed by atoms with Crippen molar-refractivity contribution in [2.75, 3.05) is 33.0 Å². The molecule has 0 amide bonds. The van der Waals surface area contributed by atoms with Gasteiger partial charge in [0.25, 0.3) is 0 Å². The van der Waals surface area contributed by atoms with E-state index >= 15 is 0 Å². The number of nitrogens with one attached hydrogen (secondary N) is 1. The lowest BCUT2D eigenvalue weighted by Gasteiger charge is -2.21. The van der Waals surface area contributed by atoms with E-state index in [4.69, 9.17) is 9.47 Å². The number of rotatable bonds is 11. The van der Waals surface area contributed by atoms with Crippen LogP contribution in [0.4, 0.5) is 0 Å². The summed E-state index contributed by atoms with van der Waals surface area (Å²) in [5, 5.41) is 3.59. The van der Waals surface area contributed by atoms with Gasteiger partial charge >= 0.3 is 0 Å². The monoisotopic (exact) mass is 293 g/mol. The Morgan fingerprint density at radius 1 is 1.00 bits per heavy atom. The molecule has 0 fully saturated rings. The van der Waals surface area contributed by atoms with Crippen molar-refractivity contribution in [3.63, 3.8) is 0 Å². The molecule has 0 radical (unpaired) electrons. The zero-order valence-corrected chi connectivity index (χ0v) is 14.1. The van der Waals surface area contributed by atoms with E-state index in [2.05, 4.69) is 51.2 Å². The van der Waals surface area contributed by atoms with E-state index < -0.39 is 0 Å². The quantitative estimate of drug-likeness (QED) is 0.630. The molecule has 0 spiro atoms. The van der Waals surface area contributed by atoms with Crippen molar-refractivity contribution >= 4 is 0 Å². The molecule has 1 unspecified atom stereocenters. The molecule has 1 rings (SSSR count). The smallest absolute Gasteiger partial charge is 0.0701 e. The third kappa shape index (κ3) is 7.07. The molecule has 1 aromatic carbocycles. The molecule has 0 bridgehead atoms. The van der Waals surface area contributed by atoms with Crippen molar-refractivity contribution in [1.82, 2.24) is 5.32 Å². The van der Waals surface area contributed by atoms with Gasteiger partial charge in [0.2, 0.25) is 0 Å². The Labute approximate surface area is 130 Å². The fourth-order valence-electron chi connectivity index (χ4n) is 2.28. The third-order valence-electron chi connectivity index (χ3n) is 3.46. The van der Waals surface area contributed by atoms with Gasteiger partial charge in [-0.25, -0.2) is 0 Å². The lowest BCUT2D eigenvalue weighted by Crippen LogP contribution is -2.27. The Morgan fingerprint density at radius 2 is 1.76 bits per heavy atom. The Balaban J connectivity index is 2.52. The summed E-state index contributed by atoms with van der Waals surface area (Å²) in [5.74, 6) is 0. The minimum absolute atomic E-state index is 0.260. The zero-order chi connectivity index (χ0) is 15.5. The van der Waals surface area contributed by atoms with Crippen LogP contribution in [-0.2, 0) is 9.47 Å². The molecular formula is C18H31NO2. The molecule has 1 aromatic rings. The molecule has 120 valence electrons. The van der Waals surface area contributed by atoms with E-state index in [0.717, 1.165) is 26.0 Å². The summed E-state index contributed by atoms with van der Waals surface area (Å²) < 4.78 is 11.3. The number of benzene rings is 1. The average Bonchev–Trinajstić information content (AvgIpc) is 2.48. The van der Waals surface area contributed by atoms with E-state index in [1.165, 1.54) is 16.7 Å². The number of ether oxygens (including phenoxy) is 2. The van der Waals surface area contributed by atoms with Crippen LogP contribution in [-0.4, -0.2) is 33.0 Å². The normalized spacial score (nSPS) is 12.6. The summed E-state index contributed by atoms with van der Waals surface area (Å²) in [5.41, 5.74) is 3.96. The molecule has 0 aliphatic heterocycles. The highest BCUT2D eigenvalue weighted by molar-refractivity contribution is 5.33. The van der Waals surface area contributed by atoms with Crippen LogP contribution in [0.5, 0.6) is 0 Å². The molecule has 0 saturated heterocycles. The number of aryl methyl sites for hydroxylation is 2. The van der Waals surface area contributed by atoms with Gasteiger partial charge in [-0.2, -0.15) is 0 Å². The van der Waals surface area contributed by atoms with Crippen LogP contribution in [0, 0.1) is 13.8 Å². The van der Waals surface area contributed by atoms with Gasteiger partial charge < -0.3 is 14.8 Å². The van der Waals surface area contributed by atoms with Crippen molar-refractivity contribution in [2.24, 2.45) is 0 Å². The molecule has 1 N–H and O–H groups in total. The Hall–Kier alpha value is -0.900. The minimum atomic E-state index is 0.260. The van der Waals surface area contributed by atoms with Gasteiger partial charge in [-0.15, -0.1) is 0 Å². The Bertz CT molecular complexity index is 393. The predicted molar refractivity (Wildman–Crippen MR) is 88.9 cm³/mol. The second kappa shape index (κ2) is 10.8. The zero-order valence-electron chi connectivity index (χ0n) is 14.1. The molecule has 0 aliphatic rings. The third-order valence-corrected chi connectivity index (χ3v) is 3.46. The van der Waals surface area contributed by atoms with E-state index in [0.29, 0.717) is 19.8 Å². The summed E-state index contributed by atoms with van der Waals surface area (Å²) in [6.45, 7) is 12.5. The number of hydrogen-bond acceptors (Lipinski definition) is 3. The van der Waals surface area contributed by atoms with Gasteiger partial charge in [-0.1, -0.05) is 37.6 Å². The summed E-state index contributed by atoms with van der Waals surface area (Å²) in [6, 6.07) is 6.88. The standard InChI is InChI=1S/C18H31NO2/c1-5-9-19-18(14-21-12-11-20-10-6-2)17-13-15(3)7-8-16(17)4/h7-8,13,18-19H,5-6,9-12,14H2,1-4H3. The van der Waals surface area contributed by atoms with E-state index in [9.17, 15) is 0 Å². The molecule has 3 nitrogen and oxygen atoms in total. The molecule has 1 atom stereocenters. The van der Waals surface area contributed by atoms with Gasteiger partial charge in [0.05, 0.1) is 25.9 Å². The van der Waals surface area contributed by atoms with Crippen LogP contribution >= 0.6 is 0 Å². The van der Waals surface area contributed by atoms with Crippen molar-refractivity contribution in [2.45, 2.75) is 46.6 Å². The van der Waals surface area contributed by atoms with Gasteiger partial charge in [0.1, 0.15) is 0 Å². The summed E-state index contributed by atoms with van der Waals surface area (Å²) in [6.07, 6.45) is 2.18. The van der Waals surface area contributed by atoms with E-state index in [-0.39, 0.29) is 6.04 Å². The van der Waals surface area contributed by atoms with Crippen molar-refractivity contribution < 1.29 is 9.47 Å². The maximum Gasteiger partial charge on any atom is 0.0701 e. The number of hydrogen-bond donors (Lipinski definition) is 1. The molecule has 0 aromatic heterocycles. The summed E-state index contributed by atoms with van der Waals surface area (Å²) >= 11 is 0. The van der Waals surface area contributed by atoms with Crippen LogP contribution in [0.15, 0.2) is 18.2 Å². The first-order valence-corrected chi connectivity index (χ1v) is 8.15. The van der Waals surface area contributed by atoms with Crippen molar-refractivity contribution in [1.29, 1.82) is 0 Å². The minimum Gasteiger partial charge on any atom is -0.379 e. The maximum atomic E-state index is 5.80. The van der Waals surface area contributed by atoms with Crippen LogP contribution in [0.3, 0.4) is 0 Å². The van der Waals surface area contributed by atoms with Gasteiger partial charge in [-0.3, -0.25) is 0 Å². The van der Waals surface area contributed by atoms with E-state index in [1.807, 2.05) is 0 Å². The highest BCUT2D eigenvalue weighted by Crippen LogP contribution is 2.19. The van der Waals surface area contributed by atoms with Crippen LogP contribution < -0.4 is 5.32 Å². The van der Waals surface area contributed by atoms with Crippen LogP contribution in [0.25, 0.3) is 0 Å². The molecule has 0 heterocycles. The first-order chi connectivity index (χ1) is 10.2. The molecule has 21 heavy (non-hydrogen) atoms. The van der Waals surface area contributed by atoms with Crippen LogP contribution in [0.1, 0.15) is 49.4 Å². The van der Waals surface area contributed by atoms with Gasteiger partial charge in [0.15, 0.2) is 0 Å². The van der Waals surface area contributed by atoms with Gasteiger partial charge in [-0.05, 0) is 44.4 Å². The highest BCUT2D eigenvalue weighted by atomic mass is 16.5. The molecule has 3 heteroatoms. The largest absolute Gasteiger partial charge is 0.379 e. The lowest BCUT2D eigenvalue weighted by atomic mass is 9.99. The summed E-state index contributed by atoms with van der Waals surface area (Å²) in [4.78, 5) is 0. The second-order valence-electron chi connectivity index (χ2n) is 5.55. The van der Waals surface area contributed by atoms with Crippen molar-refractivity contribution in [3.8, 4) is 0 Å². The average molecular weight is 293 g/mol. The molecule has 0 aliphatic carbocycles. The van der Waals surface area contributed by atoms with Crippen LogP contribution in [0.2, 0.25) is 0 Å². The second-order valence-corrected chi connectivity index (χ2v) is 5.55. The lowest BCUT2D eigenvalue weighted by molar-refractivity contribution is 0.0391. The Kier molecular flexibility index (Phi) is 9.31. The predicted octanol–water partition coefficient (Wildman–Crippen LogP) is 3.79. The van der Waals surface area contributed by atoms with Crippen molar-refractivity contribution in [3.05, 3.63) is 34.9 Å². The first kappa shape index (κ1) is 18.1. The van der Waals surface area contributed by atoms with E-state index in [1.54, 1.807) is 0 Å². The molecule has 0 saturated carbocycles. The Morgan fingerprint density at radius 3 is 2.48 bits per heavy atom. The topological polar surface area (TPSA) is 30.5 Å². The highest BCUT2D eigenvalue weighted by Gasteiger charge is 2.13. The fourth-order valence-corrected chi connectivity index (χ4v) is 2.28. The SMILES string of the molecule is CCCNC(COCCOCCC)c1cc(C)ccc1C.